The molecule has 0 aliphatic heterocycles. The molecule has 100 valence electrons. The van der Waals surface area contributed by atoms with Gasteiger partial charge in [0.2, 0.25) is 0 Å². The van der Waals surface area contributed by atoms with Gasteiger partial charge in [-0.1, -0.05) is 48.5 Å². The predicted molar refractivity (Wildman–Crippen MR) is 76.1 cm³/mol. The average molecular weight is 257 g/mol. The van der Waals surface area contributed by atoms with Crippen LogP contribution in [0.4, 0.5) is 0 Å². The molecule has 0 heterocycles. The van der Waals surface area contributed by atoms with Crippen LogP contribution < -0.4 is 10.1 Å². The van der Waals surface area contributed by atoms with Crippen molar-refractivity contribution >= 4 is 0 Å². The van der Waals surface area contributed by atoms with Gasteiger partial charge in [-0.3, -0.25) is 0 Å². The molecule has 3 nitrogen and oxygen atoms in total. The Labute approximate surface area is 113 Å². The van der Waals surface area contributed by atoms with Crippen molar-refractivity contribution in [2.24, 2.45) is 0 Å². The van der Waals surface area contributed by atoms with Crippen molar-refractivity contribution in [3.8, 4) is 5.75 Å². The summed E-state index contributed by atoms with van der Waals surface area (Å²) in [5.41, 5.74) is 2.17. The standard InChI is InChI=1S/C16H19NO2/c1-19-16-10-6-5-9-14(16)11-17-15(12-18)13-7-3-2-4-8-13/h2-10,15,17-18H,11-12H2,1H3/t15-/m1/s1. The zero-order valence-electron chi connectivity index (χ0n) is 11.0. The Bertz CT molecular complexity index is 499. The average Bonchev–Trinajstić information content (AvgIpc) is 2.49. The van der Waals surface area contributed by atoms with Crippen LogP contribution in [0.3, 0.4) is 0 Å². The summed E-state index contributed by atoms with van der Waals surface area (Å²) < 4.78 is 5.31. The van der Waals surface area contributed by atoms with E-state index in [-0.39, 0.29) is 12.6 Å². The van der Waals surface area contributed by atoms with E-state index in [1.165, 1.54) is 0 Å². The second kappa shape index (κ2) is 6.92. The monoisotopic (exact) mass is 257 g/mol. The molecule has 0 aliphatic carbocycles. The van der Waals surface area contributed by atoms with Gasteiger partial charge in [-0.2, -0.15) is 0 Å². The Balaban J connectivity index is 2.04. The molecule has 0 aliphatic rings. The second-order valence-electron chi connectivity index (χ2n) is 4.34. The van der Waals surface area contributed by atoms with E-state index in [2.05, 4.69) is 5.32 Å². The fraction of sp³-hybridized carbons (Fsp3) is 0.250. The van der Waals surface area contributed by atoms with Gasteiger partial charge in [-0.05, 0) is 11.6 Å². The van der Waals surface area contributed by atoms with Gasteiger partial charge >= 0.3 is 0 Å². The number of para-hydroxylation sites is 1. The first kappa shape index (κ1) is 13.6. The topological polar surface area (TPSA) is 41.5 Å². The highest BCUT2D eigenvalue weighted by Gasteiger charge is 2.10. The normalized spacial score (nSPS) is 12.1. The van der Waals surface area contributed by atoms with Gasteiger partial charge in [-0.25, -0.2) is 0 Å². The van der Waals surface area contributed by atoms with Gasteiger partial charge in [0.15, 0.2) is 0 Å². The zero-order chi connectivity index (χ0) is 13.5. The molecule has 0 spiro atoms. The summed E-state index contributed by atoms with van der Waals surface area (Å²) in [6, 6.07) is 17.8. The summed E-state index contributed by atoms with van der Waals surface area (Å²) in [6.07, 6.45) is 0. The summed E-state index contributed by atoms with van der Waals surface area (Å²) in [5.74, 6) is 0.861. The lowest BCUT2D eigenvalue weighted by molar-refractivity contribution is 0.243. The van der Waals surface area contributed by atoms with Crippen LogP contribution >= 0.6 is 0 Å². The highest BCUT2D eigenvalue weighted by atomic mass is 16.5. The van der Waals surface area contributed by atoms with Crippen LogP contribution in [0.25, 0.3) is 0 Å². The molecule has 0 saturated carbocycles. The van der Waals surface area contributed by atoms with Crippen LogP contribution in [0.15, 0.2) is 54.6 Å². The number of aliphatic hydroxyl groups excluding tert-OH is 1. The van der Waals surface area contributed by atoms with Gasteiger partial charge < -0.3 is 15.2 Å². The molecule has 2 aromatic rings. The molecule has 0 saturated heterocycles. The lowest BCUT2D eigenvalue weighted by atomic mass is 10.1. The smallest absolute Gasteiger partial charge is 0.123 e. The maximum absolute atomic E-state index is 9.49. The first-order valence-electron chi connectivity index (χ1n) is 6.36. The molecular weight excluding hydrogens is 238 g/mol. The van der Waals surface area contributed by atoms with Crippen molar-refractivity contribution in [2.45, 2.75) is 12.6 Å². The van der Waals surface area contributed by atoms with Gasteiger partial charge in [0.1, 0.15) is 5.75 Å². The Morgan fingerprint density at radius 2 is 1.74 bits per heavy atom. The van der Waals surface area contributed by atoms with E-state index < -0.39 is 0 Å². The lowest BCUT2D eigenvalue weighted by Crippen LogP contribution is -2.24. The molecule has 2 rings (SSSR count). The Morgan fingerprint density at radius 3 is 2.42 bits per heavy atom. The van der Waals surface area contributed by atoms with E-state index in [0.29, 0.717) is 6.54 Å². The molecule has 0 unspecified atom stereocenters. The van der Waals surface area contributed by atoms with Crippen molar-refractivity contribution in [3.05, 3.63) is 65.7 Å². The first-order chi connectivity index (χ1) is 9.35. The molecule has 1 atom stereocenters. The summed E-state index contributed by atoms with van der Waals surface area (Å²) in [7, 11) is 1.67. The number of hydrogen-bond donors (Lipinski definition) is 2. The Kier molecular flexibility index (Phi) is 4.95. The molecule has 0 bridgehead atoms. The Hall–Kier alpha value is -1.84. The largest absolute Gasteiger partial charge is 0.496 e. The molecule has 3 heteroatoms. The lowest BCUT2D eigenvalue weighted by Gasteiger charge is -2.17. The van der Waals surface area contributed by atoms with Crippen LogP contribution in [0, 0.1) is 0 Å². The number of methoxy groups -OCH3 is 1. The fourth-order valence-corrected chi connectivity index (χ4v) is 2.06. The van der Waals surface area contributed by atoms with E-state index in [1.54, 1.807) is 7.11 Å². The van der Waals surface area contributed by atoms with Crippen LogP contribution in [0.1, 0.15) is 17.2 Å². The summed E-state index contributed by atoms with van der Waals surface area (Å²) in [5, 5.41) is 12.8. The van der Waals surface area contributed by atoms with Crippen molar-refractivity contribution in [2.75, 3.05) is 13.7 Å². The molecule has 0 aromatic heterocycles. The van der Waals surface area contributed by atoms with Gasteiger partial charge in [0.25, 0.3) is 0 Å². The number of aliphatic hydroxyl groups is 1. The molecule has 0 amide bonds. The summed E-state index contributed by atoms with van der Waals surface area (Å²) >= 11 is 0. The molecule has 2 N–H and O–H groups in total. The van der Waals surface area contributed by atoms with E-state index in [4.69, 9.17) is 4.74 Å². The minimum Gasteiger partial charge on any atom is -0.496 e. The SMILES string of the molecule is COc1ccccc1CN[C@H](CO)c1ccccc1. The van der Waals surface area contributed by atoms with E-state index in [1.807, 2.05) is 54.6 Å². The van der Waals surface area contributed by atoms with E-state index in [9.17, 15) is 5.11 Å². The number of ether oxygens (including phenoxy) is 1. The first-order valence-corrected chi connectivity index (χ1v) is 6.36. The quantitative estimate of drug-likeness (QED) is 0.835. The van der Waals surface area contributed by atoms with Crippen molar-refractivity contribution < 1.29 is 9.84 Å². The fourth-order valence-electron chi connectivity index (χ4n) is 2.06. The van der Waals surface area contributed by atoms with Gasteiger partial charge in [-0.15, -0.1) is 0 Å². The molecule has 0 radical (unpaired) electrons. The third kappa shape index (κ3) is 3.56. The number of nitrogens with one attached hydrogen (secondary N) is 1. The van der Waals surface area contributed by atoms with Crippen LogP contribution in [-0.4, -0.2) is 18.8 Å². The number of benzene rings is 2. The van der Waals surface area contributed by atoms with Crippen LogP contribution in [0.2, 0.25) is 0 Å². The predicted octanol–water partition coefficient (Wildman–Crippen LogP) is 2.52. The maximum Gasteiger partial charge on any atom is 0.123 e. The van der Waals surface area contributed by atoms with Crippen molar-refractivity contribution in [1.82, 2.24) is 5.32 Å². The van der Waals surface area contributed by atoms with E-state index in [0.717, 1.165) is 16.9 Å². The van der Waals surface area contributed by atoms with Gasteiger partial charge in [0.05, 0.1) is 19.8 Å². The highest BCUT2D eigenvalue weighted by Crippen LogP contribution is 2.19. The van der Waals surface area contributed by atoms with E-state index >= 15 is 0 Å². The zero-order valence-corrected chi connectivity index (χ0v) is 11.0. The third-order valence-corrected chi connectivity index (χ3v) is 3.12. The molecule has 2 aromatic carbocycles. The van der Waals surface area contributed by atoms with Crippen molar-refractivity contribution in [1.29, 1.82) is 0 Å². The molecular formula is C16H19NO2. The van der Waals surface area contributed by atoms with Gasteiger partial charge in [0, 0.05) is 12.1 Å². The van der Waals surface area contributed by atoms with Crippen LogP contribution in [-0.2, 0) is 6.54 Å². The second-order valence-corrected chi connectivity index (χ2v) is 4.34. The minimum absolute atomic E-state index is 0.0638. The highest BCUT2D eigenvalue weighted by molar-refractivity contribution is 5.33. The molecule has 19 heavy (non-hydrogen) atoms. The molecule has 0 fully saturated rings. The summed E-state index contributed by atoms with van der Waals surface area (Å²) in [4.78, 5) is 0. The summed E-state index contributed by atoms with van der Waals surface area (Å²) in [6.45, 7) is 0.725. The van der Waals surface area contributed by atoms with Crippen molar-refractivity contribution in [3.63, 3.8) is 0 Å². The van der Waals surface area contributed by atoms with Crippen LogP contribution in [0.5, 0.6) is 5.75 Å². The third-order valence-electron chi connectivity index (χ3n) is 3.12. The number of rotatable bonds is 6. The maximum atomic E-state index is 9.49. The minimum atomic E-state index is -0.0638. The number of hydrogen-bond acceptors (Lipinski definition) is 3. The Morgan fingerprint density at radius 1 is 1.05 bits per heavy atom.